The molecule has 1 rings (SSSR count). The number of hydrogen-bond donors (Lipinski definition) is 2. The second kappa shape index (κ2) is 4.57. The SMILES string of the molecule is CC(CN)(Cc1cccc(F)c1F)C(=O)O. The van der Waals surface area contributed by atoms with E-state index in [1.54, 1.807) is 0 Å². The fraction of sp³-hybridized carbons (Fsp3) is 0.364. The van der Waals surface area contributed by atoms with Crippen molar-refractivity contribution in [3.8, 4) is 0 Å². The molecule has 1 aromatic rings. The number of carbonyl (C=O) groups is 1. The molecule has 0 aliphatic carbocycles. The first-order valence-corrected chi connectivity index (χ1v) is 4.77. The van der Waals surface area contributed by atoms with Crippen molar-refractivity contribution < 1.29 is 18.7 Å². The van der Waals surface area contributed by atoms with Crippen molar-refractivity contribution in [2.24, 2.45) is 11.1 Å². The Morgan fingerprint density at radius 1 is 1.50 bits per heavy atom. The summed E-state index contributed by atoms with van der Waals surface area (Å²) < 4.78 is 26.2. The van der Waals surface area contributed by atoms with Gasteiger partial charge in [-0.2, -0.15) is 0 Å². The van der Waals surface area contributed by atoms with Crippen LogP contribution in [0.15, 0.2) is 18.2 Å². The molecule has 1 aromatic carbocycles. The lowest BCUT2D eigenvalue weighted by atomic mass is 9.83. The summed E-state index contributed by atoms with van der Waals surface area (Å²) in [7, 11) is 0. The maximum atomic E-state index is 13.3. The van der Waals surface area contributed by atoms with Crippen LogP contribution in [-0.2, 0) is 11.2 Å². The molecule has 3 nitrogen and oxygen atoms in total. The van der Waals surface area contributed by atoms with Crippen molar-refractivity contribution in [2.45, 2.75) is 13.3 Å². The highest BCUT2D eigenvalue weighted by molar-refractivity contribution is 5.74. The van der Waals surface area contributed by atoms with Crippen LogP contribution in [0, 0.1) is 17.0 Å². The molecule has 88 valence electrons. The zero-order valence-electron chi connectivity index (χ0n) is 8.84. The Morgan fingerprint density at radius 3 is 2.62 bits per heavy atom. The summed E-state index contributed by atoms with van der Waals surface area (Å²) in [6.07, 6.45) is -0.136. The molecule has 0 aliphatic heterocycles. The third-order valence-corrected chi connectivity index (χ3v) is 2.58. The number of carboxylic acid groups (broad SMARTS) is 1. The van der Waals surface area contributed by atoms with Crippen molar-refractivity contribution in [1.29, 1.82) is 0 Å². The van der Waals surface area contributed by atoms with E-state index in [0.717, 1.165) is 6.07 Å². The first kappa shape index (κ1) is 12.6. The fourth-order valence-electron chi connectivity index (χ4n) is 1.34. The molecular weight excluding hydrogens is 216 g/mol. The molecule has 0 fully saturated rings. The number of benzene rings is 1. The highest BCUT2D eigenvalue weighted by Crippen LogP contribution is 2.24. The molecule has 0 aromatic heterocycles. The first-order valence-electron chi connectivity index (χ1n) is 4.77. The summed E-state index contributed by atoms with van der Waals surface area (Å²) in [5.41, 5.74) is 4.09. The van der Waals surface area contributed by atoms with Crippen LogP contribution in [0.25, 0.3) is 0 Å². The minimum Gasteiger partial charge on any atom is -0.481 e. The van der Waals surface area contributed by atoms with Gasteiger partial charge in [0, 0.05) is 6.54 Å². The first-order chi connectivity index (χ1) is 7.40. The second-order valence-corrected chi connectivity index (χ2v) is 3.96. The van der Waals surface area contributed by atoms with Crippen LogP contribution in [0.5, 0.6) is 0 Å². The zero-order valence-corrected chi connectivity index (χ0v) is 8.84. The Hall–Kier alpha value is -1.49. The van der Waals surface area contributed by atoms with Crippen molar-refractivity contribution in [1.82, 2.24) is 0 Å². The van der Waals surface area contributed by atoms with E-state index in [-0.39, 0.29) is 18.5 Å². The highest BCUT2D eigenvalue weighted by Gasteiger charge is 2.33. The quantitative estimate of drug-likeness (QED) is 0.823. The number of carboxylic acids is 1. The molecule has 0 saturated heterocycles. The molecule has 0 heterocycles. The number of rotatable bonds is 4. The van der Waals surface area contributed by atoms with Crippen molar-refractivity contribution >= 4 is 5.97 Å². The number of halogens is 2. The Labute approximate surface area is 91.9 Å². The highest BCUT2D eigenvalue weighted by atomic mass is 19.2. The average Bonchev–Trinajstić information content (AvgIpc) is 2.24. The number of nitrogens with two attached hydrogens (primary N) is 1. The van der Waals surface area contributed by atoms with E-state index in [4.69, 9.17) is 10.8 Å². The predicted octanol–water partition coefficient (Wildman–Crippen LogP) is 1.56. The molecule has 0 radical (unpaired) electrons. The van der Waals surface area contributed by atoms with Gasteiger partial charge < -0.3 is 10.8 Å². The number of hydrogen-bond acceptors (Lipinski definition) is 2. The zero-order chi connectivity index (χ0) is 12.3. The summed E-state index contributed by atoms with van der Waals surface area (Å²) in [6.45, 7) is 1.26. The molecule has 0 amide bonds. The molecule has 3 N–H and O–H groups in total. The minimum atomic E-state index is -1.28. The van der Waals surface area contributed by atoms with E-state index in [1.165, 1.54) is 19.1 Å². The van der Waals surface area contributed by atoms with Crippen LogP contribution >= 0.6 is 0 Å². The second-order valence-electron chi connectivity index (χ2n) is 3.96. The third kappa shape index (κ3) is 2.36. The van der Waals surface area contributed by atoms with Gasteiger partial charge in [-0.05, 0) is 25.0 Å². The molecule has 0 aliphatic rings. The molecule has 1 atom stereocenters. The van der Waals surface area contributed by atoms with Gasteiger partial charge in [0.15, 0.2) is 11.6 Å². The van der Waals surface area contributed by atoms with Gasteiger partial charge in [-0.15, -0.1) is 0 Å². The summed E-state index contributed by atoms with van der Waals surface area (Å²) in [5.74, 6) is -3.12. The van der Waals surface area contributed by atoms with Gasteiger partial charge in [0.05, 0.1) is 5.41 Å². The topological polar surface area (TPSA) is 63.3 Å². The lowest BCUT2D eigenvalue weighted by molar-refractivity contribution is -0.147. The summed E-state index contributed by atoms with van der Waals surface area (Å²) >= 11 is 0. The van der Waals surface area contributed by atoms with Gasteiger partial charge in [0.1, 0.15) is 0 Å². The van der Waals surface area contributed by atoms with E-state index in [2.05, 4.69) is 0 Å². The van der Waals surface area contributed by atoms with Crippen LogP contribution in [0.1, 0.15) is 12.5 Å². The Balaban J connectivity index is 3.04. The van der Waals surface area contributed by atoms with E-state index >= 15 is 0 Å². The van der Waals surface area contributed by atoms with Gasteiger partial charge in [0.2, 0.25) is 0 Å². The smallest absolute Gasteiger partial charge is 0.310 e. The summed E-state index contributed by atoms with van der Waals surface area (Å²) in [5, 5.41) is 8.96. The van der Waals surface area contributed by atoms with Gasteiger partial charge >= 0.3 is 5.97 Å². The maximum Gasteiger partial charge on any atom is 0.310 e. The molecule has 16 heavy (non-hydrogen) atoms. The molecule has 1 unspecified atom stereocenters. The van der Waals surface area contributed by atoms with Crippen LogP contribution in [-0.4, -0.2) is 17.6 Å². The van der Waals surface area contributed by atoms with E-state index < -0.39 is 23.0 Å². The van der Waals surface area contributed by atoms with E-state index in [1.807, 2.05) is 0 Å². The molecule has 0 spiro atoms. The maximum absolute atomic E-state index is 13.3. The van der Waals surface area contributed by atoms with Gasteiger partial charge in [0.25, 0.3) is 0 Å². The van der Waals surface area contributed by atoms with Crippen molar-refractivity contribution in [3.05, 3.63) is 35.4 Å². The minimum absolute atomic E-state index is 0.0235. The fourth-order valence-corrected chi connectivity index (χ4v) is 1.34. The van der Waals surface area contributed by atoms with E-state index in [9.17, 15) is 13.6 Å². The predicted molar refractivity (Wildman–Crippen MR) is 54.9 cm³/mol. The van der Waals surface area contributed by atoms with Crippen LogP contribution in [0.3, 0.4) is 0 Å². The Bertz CT molecular complexity index is 409. The summed E-state index contributed by atoms with van der Waals surface area (Å²) in [6, 6.07) is 3.68. The molecule has 0 saturated carbocycles. The van der Waals surface area contributed by atoms with Gasteiger partial charge in [-0.1, -0.05) is 12.1 Å². The lowest BCUT2D eigenvalue weighted by Gasteiger charge is -2.22. The molecule has 5 heteroatoms. The van der Waals surface area contributed by atoms with Crippen LogP contribution < -0.4 is 5.73 Å². The third-order valence-electron chi connectivity index (χ3n) is 2.58. The van der Waals surface area contributed by atoms with E-state index in [0.29, 0.717) is 0 Å². The van der Waals surface area contributed by atoms with Crippen LogP contribution in [0.2, 0.25) is 0 Å². The number of aliphatic carboxylic acids is 1. The Kier molecular flexibility index (Phi) is 3.59. The van der Waals surface area contributed by atoms with Crippen molar-refractivity contribution in [2.75, 3.05) is 6.54 Å². The standard InChI is InChI=1S/C11H13F2NO2/c1-11(6-14,10(15)16)5-7-3-2-4-8(12)9(7)13/h2-4H,5-6,14H2,1H3,(H,15,16). The molecular formula is C11H13F2NO2. The Morgan fingerprint density at radius 2 is 2.12 bits per heavy atom. The normalized spacial score (nSPS) is 14.5. The van der Waals surface area contributed by atoms with Crippen LogP contribution in [0.4, 0.5) is 8.78 Å². The average molecular weight is 229 g/mol. The monoisotopic (exact) mass is 229 g/mol. The van der Waals surface area contributed by atoms with Crippen molar-refractivity contribution in [3.63, 3.8) is 0 Å². The molecule has 0 bridgehead atoms. The van der Waals surface area contributed by atoms with Gasteiger partial charge in [-0.3, -0.25) is 4.79 Å². The lowest BCUT2D eigenvalue weighted by Crippen LogP contribution is -2.38. The summed E-state index contributed by atoms with van der Waals surface area (Å²) in [4.78, 5) is 11.0. The largest absolute Gasteiger partial charge is 0.481 e. The van der Waals surface area contributed by atoms with Gasteiger partial charge in [-0.25, -0.2) is 8.78 Å².